The number of nitrogens with zero attached hydrogens (tertiary/aromatic N) is 2. The molecule has 3 aromatic heterocycles. The third kappa shape index (κ3) is 11.0. The average molecular weight is 1010 g/mol. The Morgan fingerprint density at radius 3 is 0.895 bits per heavy atom. The highest BCUT2D eigenvalue weighted by atomic mass is 16.4. The lowest BCUT2D eigenvalue weighted by molar-refractivity contribution is -0.139. The Hall–Kier alpha value is -7.66. The molecule has 2 aliphatic rings. The number of hydrogen-bond acceptors (Lipinski definition) is 6. The molecule has 76 heavy (non-hydrogen) atoms. The fourth-order valence-corrected chi connectivity index (χ4v) is 9.99. The van der Waals surface area contributed by atoms with E-state index in [1.165, 1.54) is 22.3 Å². The molecule has 8 bridgehead atoms. The molecule has 0 saturated carbocycles. The third-order valence-electron chi connectivity index (χ3n) is 14.7. The molecule has 9 rings (SSSR count). The number of benzene rings is 4. The minimum Gasteiger partial charge on any atom is -0.480 e. The van der Waals surface area contributed by atoms with E-state index in [9.17, 15) is 19.8 Å². The molecule has 4 aromatic carbocycles. The van der Waals surface area contributed by atoms with E-state index in [-0.39, 0.29) is 34.5 Å². The first-order valence-electron chi connectivity index (χ1n) is 26.3. The molecule has 10 nitrogen and oxygen atoms in total. The lowest BCUT2D eigenvalue weighted by atomic mass is 9.78. The molecule has 0 amide bonds. The first kappa shape index (κ1) is 53.2. The SMILES string of the molecule is CC(C)(C)c1cc(-c2c3nc(c(-c4cc(C(C)(C)C)cc(C(C)(C)C)c4)c4ccc([nH]4)c(-c4ccc(C[C@H](N)C(=O)O)cc4)c4nc(c(-c5ccc(C[C@H](N)C(=O)O)cc5)c5ccc2[nH]5)C=C4)C=C3)cc(C(C)(C)C)c1. The molecule has 390 valence electrons. The zero-order valence-corrected chi connectivity index (χ0v) is 46.0. The molecule has 0 radical (unpaired) electrons. The molecular weight excluding hydrogens is 941 g/mol. The van der Waals surface area contributed by atoms with Crippen LogP contribution in [0.2, 0.25) is 0 Å². The molecule has 0 spiro atoms. The van der Waals surface area contributed by atoms with Gasteiger partial charge in [-0.05, 0) is 139 Å². The first-order chi connectivity index (χ1) is 35.6. The average Bonchev–Trinajstić information content (AvgIpc) is 4.20. The smallest absolute Gasteiger partial charge is 0.320 e. The lowest BCUT2D eigenvalue weighted by Gasteiger charge is -2.26. The molecule has 2 aliphatic heterocycles. The van der Waals surface area contributed by atoms with Crippen molar-refractivity contribution in [1.29, 1.82) is 0 Å². The van der Waals surface area contributed by atoms with Crippen molar-refractivity contribution < 1.29 is 19.8 Å². The number of carboxylic acid groups (broad SMARTS) is 2. The van der Waals surface area contributed by atoms with Crippen LogP contribution in [0, 0.1) is 0 Å². The molecular formula is C66H72N6O4. The Morgan fingerprint density at radius 2 is 0.658 bits per heavy atom. The van der Waals surface area contributed by atoms with Gasteiger partial charge in [0.05, 0.1) is 22.8 Å². The molecule has 0 fully saturated rings. The van der Waals surface area contributed by atoms with Crippen molar-refractivity contribution >= 4 is 58.3 Å². The predicted molar refractivity (Wildman–Crippen MR) is 314 cm³/mol. The number of fused-ring (bicyclic) bond motifs is 8. The van der Waals surface area contributed by atoms with Crippen molar-refractivity contribution in [2.24, 2.45) is 11.5 Å². The van der Waals surface area contributed by atoms with Crippen LogP contribution < -0.4 is 11.5 Å². The highest BCUT2D eigenvalue weighted by molar-refractivity contribution is 6.00. The van der Waals surface area contributed by atoms with Gasteiger partial charge in [0.25, 0.3) is 0 Å². The van der Waals surface area contributed by atoms with Crippen LogP contribution in [-0.4, -0.2) is 54.2 Å². The van der Waals surface area contributed by atoms with Gasteiger partial charge in [-0.3, -0.25) is 9.59 Å². The second kappa shape index (κ2) is 19.8. The van der Waals surface area contributed by atoms with E-state index < -0.39 is 24.0 Å². The van der Waals surface area contributed by atoms with Crippen LogP contribution in [0.15, 0.2) is 109 Å². The van der Waals surface area contributed by atoms with Gasteiger partial charge in [0.15, 0.2) is 0 Å². The van der Waals surface area contributed by atoms with E-state index in [2.05, 4.69) is 166 Å². The van der Waals surface area contributed by atoms with Crippen LogP contribution in [0.1, 0.15) is 139 Å². The van der Waals surface area contributed by atoms with Crippen molar-refractivity contribution in [3.05, 3.63) is 165 Å². The van der Waals surface area contributed by atoms with Gasteiger partial charge >= 0.3 is 11.9 Å². The van der Waals surface area contributed by atoms with Gasteiger partial charge < -0.3 is 31.6 Å². The number of aromatic nitrogens is 4. The summed E-state index contributed by atoms with van der Waals surface area (Å²) in [6.45, 7) is 27.1. The first-order valence-corrected chi connectivity index (χ1v) is 26.3. The van der Waals surface area contributed by atoms with Crippen LogP contribution in [-0.2, 0) is 44.1 Å². The number of aliphatic carboxylic acids is 2. The van der Waals surface area contributed by atoms with Gasteiger partial charge in [-0.15, -0.1) is 0 Å². The van der Waals surface area contributed by atoms with Crippen molar-refractivity contribution in [3.63, 3.8) is 0 Å². The fourth-order valence-electron chi connectivity index (χ4n) is 9.99. The molecule has 0 aliphatic carbocycles. The van der Waals surface area contributed by atoms with Gasteiger partial charge in [-0.2, -0.15) is 0 Å². The summed E-state index contributed by atoms with van der Waals surface area (Å²) in [4.78, 5) is 42.6. The molecule has 10 heteroatoms. The zero-order chi connectivity index (χ0) is 54.8. The summed E-state index contributed by atoms with van der Waals surface area (Å²) in [5.74, 6) is -2.11. The summed E-state index contributed by atoms with van der Waals surface area (Å²) in [5, 5.41) is 19.3. The summed E-state index contributed by atoms with van der Waals surface area (Å²) < 4.78 is 0. The largest absolute Gasteiger partial charge is 0.480 e. The molecule has 7 aromatic rings. The molecule has 2 atom stereocenters. The van der Waals surface area contributed by atoms with Gasteiger partial charge in [-0.1, -0.05) is 168 Å². The fraction of sp³-hybridized carbons (Fsp3) is 0.303. The van der Waals surface area contributed by atoms with E-state index in [1.807, 2.05) is 60.7 Å². The molecule has 0 saturated heterocycles. The van der Waals surface area contributed by atoms with Crippen LogP contribution in [0.3, 0.4) is 0 Å². The van der Waals surface area contributed by atoms with Gasteiger partial charge in [0.1, 0.15) is 12.1 Å². The van der Waals surface area contributed by atoms with Crippen molar-refractivity contribution in [3.8, 4) is 44.5 Å². The van der Waals surface area contributed by atoms with E-state index in [1.54, 1.807) is 0 Å². The van der Waals surface area contributed by atoms with Gasteiger partial charge in [0.2, 0.25) is 0 Å². The summed E-state index contributed by atoms with van der Waals surface area (Å²) in [5.41, 5.74) is 31.9. The maximum absolute atomic E-state index is 11.8. The maximum atomic E-state index is 11.8. The molecule has 0 unspecified atom stereocenters. The molecule has 8 N–H and O–H groups in total. The Balaban J connectivity index is 1.45. The quantitative estimate of drug-likeness (QED) is 0.0782. The molecule has 5 heterocycles. The number of rotatable bonds is 10. The third-order valence-corrected chi connectivity index (χ3v) is 14.7. The van der Waals surface area contributed by atoms with Crippen molar-refractivity contribution in [1.82, 2.24) is 19.9 Å². The van der Waals surface area contributed by atoms with Gasteiger partial charge in [0, 0.05) is 44.3 Å². The second-order valence-electron chi connectivity index (χ2n) is 24.8. The number of nitrogens with one attached hydrogen (secondary N) is 2. The van der Waals surface area contributed by atoms with Crippen LogP contribution in [0.5, 0.6) is 0 Å². The standard InChI is InChI=1S/C66H72N6O4/c1-63(2,3)43-31-41(32-44(35-43)64(4,5)6)59-53-25-23-51(70-53)57(39-17-13-37(14-18-39)29-47(67)61(73)74)49-21-22-50(69-49)58(40-19-15-38(16-20-40)30-48(68)62(75)76)52-24-26-54(71-52)60(56-28-27-55(59)72-56)42-33-45(65(7,8)9)36-46(34-42)66(10,11)12/h13-28,31-36,47-48,70-71H,29-30,67-68H2,1-12H3,(H,73,74)(H,75,76)/t47-,48-/m0/s1. The number of carboxylic acids is 2. The van der Waals surface area contributed by atoms with Crippen molar-refractivity contribution in [2.45, 2.75) is 130 Å². The topological polar surface area (TPSA) is 184 Å². The van der Waals surface area contributed by atoms with E-state index >= 15 is 0 Å². The van der Waals surface area contributed by atoms with E-state index in [0.717, 1.165) is 100 Å². The highest BCUT2D eigenvalue weighted by Crippen LogP contribution is 2.42. The van der Waals surface area contributed by atoms with E-state index in [4.69, 9.17) is 21.4 Å². The number of H-pyrrole nitrogens is 2. The minimum atomic E-state index is -1.05. The number of hydrogen-bond donors (Lipinski definition) is 6. The Labute approximate surface area is 447 Å². The Bertz CT molecular complexity index is 3360. The summed E-state index contributed by atoms with van der Waals surface area (Å²) in [7, 11) is 0. The lowest BCUT2D eigenvalue weighted by Crippen LogP contribution is -2.32. The van der Waals surface area contributed by atoms with Crippen LogP contribution >= 0.6 is 0 Å². The van der Waals surface area contributed by atoms with Gasteiger partial charge in [-0.25, -0.2) is 9.97 Å². The number of aromatic amines is 2. The second-order valence-corrected chi connectivity index (χ2v) is 24.8. The van der Waals surface area contributed by atoms with Crippen LogP contribution in [0.25, 0.3) is 90.9 Å². The van der Waals surface area contributed by atoms with E-state index in [0.29, 0.717) is 0 Å². The number of carbonyl (C=O) groups is 2. The number of nitrogens with two attached hydrogens (primary N) is 2. The summed E-state index contributed by atoms with van der Waals surface area (Å²) >= 11 is 0. The predicted octanol–water partition coefficient (Wildman–Crippen LogP) is 14.4. The summed E-state index contributed by atoms with van der Waals surface area (Å²) in [6, 6.07) is 36.2. The minimum absolute atomic E-state index is 0.149. The highest BCUT2D eigenvalue weighted by Gasteiger charge is 2.27. The monoisotopic (exact) mass is 1010 g/mol. The van der Waals surface area contributed by atoms with Crippen LogP contribution in [0.4, 0.5) is 0 Å². The maximum Gasteiger partial charge on any atom is 0.320 e. The zero-order valence-electron chi connectivity index (χ0n) is 46.0. The van der Waals surface area contributed by atoms with Crippen molar-refractivity contribution in [2.75, 3.05) is 0 Å². The normalized spacial score (nSPS) is 13.8. The Kier molecular flexibility index (Phi) is 13.9. The Morgan fingerprint density at radius 1 is 0.408 bits per heavy atom. The summed E-state index contributed by atoms with van der Waals surface area (Å²) in [6.07, 6.45) is 8.76.